The van der Waals surface area contributed by atoms with Crippen molar-refractivity contribution in [3.8, 4) is 11.5 Å². The second-order valence-corrected chi connectivity index (χ2v) is 6.47. The number of halogens is 1. The van der Waals surface area contributed by atoms with Crippen molar-refractivity contribution in [1.82, 2.24) is 5.32 Å². The molecule has 0 heterocycles. The van der Waals surface area contributed by atoms with Crippen LogP contribution in [0.3, 0.4) is 0 Å². The van der Waals surface area contributed by atoms with E-state index in [0.717, 1.165) is 41.0 Å². The molecule has 0 amide bonds. The number of benzene rings is 1. The molecule has 0 atom stereocenters. The molecular weight excluding hydrogens is 334 g/mol. The molecule has 1 aromatic carbocycles. The molecule has 1 aliphatic rings. The zero-order valence-electron chi connectivity index (χ0n) is 12.7. The SMILES string of the molecule is CCOc1c(Br)cc(CNCC2(CCO)CC2)cc1OC. The van der Waals surface area contributed by atoms with E-state index < -0.39 is 0 Å². The summed E-state index contributed by atoms with van der Waals surface area (Å²) >= 11 is 3.54. The van der Waals surface area contributed by atoms with E-state index in [9.17, 15) is 0 Å². The molecule has 1 aliphatic carbocycles. The first-order valence-electron chi connectivity index (χ1n) is 7.45. The number of nitrogens with one attached hydrogen (secondary N) is 1. The minimum absolute atomic E-state index is 0.282. The number of aliphatic hydroxyl groups excluding tert-OH is 1. The lowest BCUT2D eigenvalue weighted by atomic mass is 10.0. The summed E-state index contributed by atoms with van der Waals surface area (Å²) in [5.74, 6) is 1.50. The van der Waals surface area contributed by atoms with E-state index in [1.54, 1.807) is 7.11 Å². The van der Waals surface area contributed by atoms with Crippen molar-refractivity contribution in [2.24, 2.45) is 5.41 Å². The topological polar surface area (TPSA) is 50.7 Å². The van der Waals surface area contributed by atoms with Crippen LogP contribution in [0.5, 0.6) is 11.5 Å². The lowest BCUT2D eigenvalue weighted by Crippen LogP contribution is -2.24. The highest BCUT2D eigenvalue weighted by Crippen LogP contribution is 2.48. The fraction of sp³-hybridized carbons (Fsp3) is 0.625. The molecule has 118 valence electrons. The molecule has 1 aromatic rings. The molecule has 0 radical (unpaired) electrons. The van der Waals surface area contributed by atoms with Crippen LogP contribution in [0.4, 0.5) is 0 Å². The maximum Gasteiger partial charge on any atom is 0.175 e. The van der Waals surface area contributed by atoms with Gasteiger partial charge in [0.2, 0.25) is 0 Å². The van der Waals surface area contributed by atoms with E-state index in [0.29, 0.717) is 12.0 Å². The standard InChI is InChI=1S/C16H24BrNO3/c1-3-21-15-13(17)8-12(9-14(15)20-2)10-18-11-16(4-5-16)6-7-19/h8-9,18-19H,3-7,10-11H2,1-2H3. The third-order valence-electron chi connectivity index (χ3n) is 4.01. The molecule has 21 heavy (non-hydrogen) atoms. The van der Waals surface area contributed by atoms with Gasteiger partial charge in [0.25, 0.3) is 0 Å². The average Bonchev–Trinajstić information content (AvgIpc) is 3.22. The van der Waals surface area contributed by atoms with Gasteiger partial charge in [-0.25, -0.2) is 0 Å². The van der Waals surface area contributed by atoms with E-state index in [4.69, 9.17) is 14.6 Å². The smallest absolute Gasteiger partial charge is 0.175 e. The Kier molecular flexibility index (Phi) is 5.90. The monoisotopic (exact) mass is 357 g/mol. The lowest BCUT2D eigenvalue weighted by molar-refractivity contribution is 0.245. The van der Waals surface area contributed by atoms with Crippen molar-refractivity contribution >= 4 is 15.9 Å². The Hall–Kier alpha value is -0.780. The van der Waals surface area contributed by atoms with Gasteiger partial charge in [-0.1, -0.05) is 0 Å². The molecular formula is C16H24BrNO3. The van der Waals surface area contributed by atoms with E-state index in [1.807, 2.05) is 13.0 Å². The van der Waals surface area contributed by atoms with Crippen molar-refractivity contribution < 1.29 is 14.6 Å². The fourth-order valence-corrected chi connectivity index (χ4v) is 3.16. The molecule has 0 spiro atoms. The predicted octanol–water partition coefficient (Wildman–Crippen LogP) is 3.11. The molecule has 2 N–H and O–H groups in total. The summed E-state index contributed by atoms with van der Waals surface area (Å²) in [5, 5.41) is 12.6. The molecule has 0 unspecified atom stereocenters. The quantitative estimate of drug-likeness (QED) is 0.712. The Labute approximate surface area is 135 Å². The summed E-state index contributed by atoms with van der Waals surface area (Å²) in [4.78, 5) is 0. The average molecular weight is 358 g/mol. The normalized spacial score (nSPS) is 15.8. The summed E-state index contributed by atoms with van der Waals surface area (Å²) in [6.07, 6.45) is 3.34. The van der Waals surface area contributed by atoms with Gasteiger partial charge >= 0.3 is 0 Å². The molecule has 2 rings (SSSR count). The van der Waals surface area contributed by atoms with Crippen LogP contribution >= 0.6 is 15.9 Å². The predicted molar refractivity (Wildman–Crippen MR) is 86.9 cm³/mol. The zero-order chi connectivity index (χ0) is 15.3. The molecule has 0 saturated heterocycles. The molecule has 1 saturated carbocycles. The van der Waals surface area contributed by atoms with Gasteiger partial charge in [-0.3, -0.25) is 0 Å². The Morgan fingerprint density at radius 2 is 2.14 bits per heavy atom. The van der Waals surface area contributed by atoms with E-state index in [1.165, 1.54) is 12.8 Å². The van der Waals surface area contributed by atoms with Gasteiger partial charge in [-0.15, -0.1) is 0 Å². The minimum Gasteiger partial charge on any atom is -0.493 e. The number of hydrogen-bond donors (Lipinski definition) is 2. The number of ether oxygens (including phenoxy) is 2. The van der Waals surface area contributed by atoms with E-state index >= 15 is 0 Å². The Balaban J connectivity index is 1.96. The largest absolute Gasteiger partial charge is 0.493 e. The molecule has 4 nitrogen and oxygen atoms in total. The summed E-state index contributed by atoms with van der Waals surface area (Å²) in [6.45, 7) is 4.59. The molecule has 0 aliphatic heterocycles. The Morgan fingerprint density at radius 1 is 1.38 bits per heavy atom. The van der Waals surface area contributed by atoms with Crippen LogP contribution in [-0.2, 0) is 6.54 Å². The van der Waals surface area contributed by atoms with Gasteiger partial charge in [-0.05, 0) is 65.2 Å². The lowest BCUT2D eigenvalue weighted by Gasteiger charge is -2.16. The second-order valence-electron chi connectivity index (χ2n) is 5.62. The summed E-state index contributed by atoms with van der Waals surface area (Å²) in [5.41, 5.74) is 1.49. The van der Waals surface area contributed by atoms with E-state index in [2.05, 4.69) is 27.3 Å². The van der Waals surface area contributed by atoms with E-state index in [-0.39, 0.29) is 6.61 Å². The first-order valence-corrected chi connectivity index (χ1v) is 8.24. The van der Waals surface area contributed by atoms with Gasteiger partial charge in [0, 0.05) is 19.7 Å². The van der Waals surface area contributed by atoms with Gasteiger partial charge in [-0.2, -0.15) is 0 Å². The van der Waals surface area contributed by atoms with Crippen molar-refractivity contribution in [3.05, 3.63) is 22.2 Å². The van der Waals surface area contributed by atoms with Crippen LogP contribution < -0.4 is 14.8 Å². The Bertz CT molecular complexity index is 475. The fourth-order valence-electron chi connectivity index (χ4n) is 2.56. The number of rotatable bonds is 9. The van der Waals surface area contributed by atoms with Gasteiger partial charge in [0.15, 0.2) is 11.5 Å². The van der Waals surface area contributed by atoms with Gasteiger partial charge < -0.3 is 19.9 Å². The van der Waals surface area contributed by atoms with Gasteiger partial charge in [0.05, 0.1) is 18.2 Å². The highest BCUT2D eigenvalue weighted by atomic mass is 79.9. The molecule has 5 heteroatoms. The molecule has 0 aromatic heterocycles. The second kappa shape index (κ2) is 7.47. The van der Waals surface area contributed by atoms with Crippen molar-refractivity contribution in [2.75, 3.05) is 26.9 Å². The maximum absolute atomic E-state index is 9.08. The third kappa shape index (κ3) is 4.34. The minimum atomic E-state index is 0.282. The van der Waals surface area contributed by atoms with Crippen LogP contribution in [0.15, 0.2) is 16.6 Å². The summed E-state index contributed by atoms with van der Waals surface area (Å²) in [6, 6.07) is 4.07. The molecule has 0 bridgehead atoms. The van der Waals surface area contributed by atoms with Crippen molar-refractivity contribution in [2.45, 2.75) is 32.7 Å². The Morgan fingerprint density at radius 3 is 2.71 bits per heavy atom. The van der Waals surface area contributed by atoms with Crippen LogP contribution in [0.1, 0.15) is 31.7 Å². The van der Waals surface area contributed by atoms with Crippen LogP contribution in [-0.4, -0.2) is 32.0 Å². The third-order valence-corrected chi connectivity index (χ3v) is 4.60. The number of methoxy groups -OCH3 is 1. The number of aliphatic hydroxyl groups is 1. The van der Waals surface area contributed by atoms with Crippen molar-refractivity contribution in [3.63, 3.8) is 0 Å². The first-order chi connectivity index (χ1) is 10.1. The van der Waals surface area contributed by atoms with Crippen molar-refractivity contribution in [1.29, 1.82) is 0 Å². The maximum atomic E-state index is 9.08. The van der Waals surface area contributed by atoms with Gasteiger partial charge in [0.1, 0.15) is 0 Å². The first kappa shape index (κ1) is 16.6. The zero-order valence-corrected chi connectivity index (χ0v) is 14.3. The van der Waals surface area contributed by atoms with Crippen LogP contribution in [0.2, 0.25) is 0 Å². The highest BCUT2D eigenvalue weighted by Gasteiger charge is 2.41. The van der Waals surface area contributed by atoms with Crippen LogP contribution in [0, 0.1) is 5.41 Å². The summed E-state index contributed by atoms with van der Waals surface area (Å²) in [7, 11) is 1.65. The molecule has 1 fully saturated rings. The summed E-state index contributed by atoms with van der Waals surface area (Å²) < 4.78 is 11.9. The number of hydrogen-bond acceptors (Lipinski definition) is 4. The highest BCUT2D eigenvalue weighted by molar-refractivity contribution is 9.10. The van der Waals surface area contributed by atoms with Crippen LogP contribution in [0.25, 0.3) is 0 Å².